The van der Waals surface area contributed by atoms with Crippen molar-refractivity contribution in [2.24, 2.45) is 0 Å². The molecule has 0 bridgehead atoms. The molecule has 0 spiro atoms. The van der Waals surface area contributed by atoms with Crippen molar-refractivity contribution < 1.29 is 23.8 Å². The lowest BCUT2D eigenvalue weighted by atomic mass is 10.1. The average molecular weight is 535 g/mol. The van der Waals surface area contributed by atoms with Crippen LogP contribution in [0.25, 0.3) is 0 Å². The molecule has 13 heteroatoms. The molecule has 1 atom stereocenters. The Morgan fingerprint density at radius 1 is 1.28 bits per heavy atom. The zero-order valence-electron chi connectivity index (χ0n) is 19.8. The van der Waals surface area contributed by atoms with E-state index in [1.165, 1.54) is 30.1 Å². The number of halogens is 2. The summed E-state index contributed by atoms with van der Waals surface area (Å²) in [5, 5.41) is 6.17. The van der Waals surface area contributed by atoms with E-state index in [0.29, 0.717) is 42.0 Å². The number of hydrogen-bond acceptors (Lipinski definition) is 8. The van der Waals surface area contributed by atoms with Crippen molar-refractivity contribution in [2.45, 2.75) is 12.6 Å². The molecule has 4 rings (SSSR count). The molecule has 1 aromatic heterocycles. The maximum absolute atomic E-state index is 13.4. The summed E-state index contributed by atoms with van der Waals surface area (Å²) in [6.07, 6.45) is 4.38. The Morgan fingerprint density at radius 2 is 1.97 bits per heavy atom. The van der Waals surface area contributed by atoms with E-state index in [4.69, 9.17) is 37.4 Å². The van der Waals surface area contributed by atoms with Gasteiger partial charge in [0.2, 0.25) is 11.9 Å². The van der Waals surface area contributed by atoms with Crippen LogP contribution in [0.2, 0.25) is 10.0 Å². The minimum absolute atomic E-state index is 0.125. The van der Waals surface area contributed by atoms with Crippen molar-refractivity contribution in [1.29, 1.82) is 0 Å². The van der Waals surface area contributed by atoms with Gasteiger partial charge in [-0.1, -0.05) is 29.8 Å². The van der Waals surface area contributed by atoms with Gasteiger partial charge in [-0.25, -0.2) is 9.78 Å². The monoisotopic (exact) mass is 534 g/mol. The van der Waals surface area contributed by atoms with Gasteiger partial charge in [0.1, 0.15) is 27.4 Å². The minimum atomic E-state index is -0.400. The van der Waals surface area contributed by atoms with Gasteiger partial charge in [0.05, 0.1) is 45.7 Å². The fourth-order valence-corrected chi connectivity index (χ4v) is 4.53. The van der Waals surface area contributed by atoms with Gasteiger partial charge in [-0.2, -0.15) is 4.98 Å². The Morgan fingerprint density at radius 3 is 2.61 bits per heavy atom. The maximum Gasteiger partial charge on any atom is 0.330 e. The molecule has 1 unspecified atom stereocenters. The second-order valence-corrected chi connectivity index (χ2v) is 8.63. The summed E-state index contributed by atoms with van der Waals surface area (Å²) in [7, 11) is 4.52. The molecular formula is C23H24Cl2N6O5. The molecule has 0 radical (unpaired) electrons. The number of nitrogens with zero attached hydrogens (tertiary/aromatic N) is 4. The van der Waals surface area contributed by atoms with Gasteiger partial charge in [-0.15, -0.1) is 0 Å². The average Bonchev–Trinajstić information content (AvgIpc) is 3.32. The lowest BCUT2D eigenvalue weighted by molar-refractivity contribution is -0.115. The number of hydrogen-bond donors (Lipinski definition) is 2. The van der Waals surface area contributed by atoms with Gasteiger partial charge in [-0.3, -0.25) is 14.6 Å². The summed E-state index contributed by atoms with van der Waals surface area (Å²) in [5.74, 6) is 1.04. The number of methoxy groups -OCH3 is 2. The Bertz CT molecular complexity index is 1230. The summed E-state index contributed by atoms with van der Waals surface area (Å²) in [4.78, 5) is 36.6. The van der Waals surface area contributed by atoms with Crippen molar-refractivity contribution in [1.82, 2.24) is 15.3 Å². The van der Waals surface area contributed by atoms with E-state index in [1.54, 1.807) is 25.5 Å². The van der Waals surface area contributed by atoms with Gasteiger partial charge in [0, 0.05) is 31.1 Å². The standard InChI is InChI=1S/C23H24Cl2N6O5/c1-5-17(32)26-8-13-10-36-11-14(13)28-22-27-7-12-9-31(23(33)30(2)21(12)29-22)20-18(24)15(34-3)6-16(35-4)19(20)25/h5-8,14H,1,9-11H2,2-4H3,(H,26,32)(H,27,28,29)/b13-8-. The van der Waals surface area contributed by atoms with E-state index in [9.17, 15) is 9.59 Å². The van der Waals surface area contributed by atoms with Crippen LogP contribution in [0.4, 0.5) is 22.2 Å². The number of anilines is 3. The molecule has 190 valence electrons. The van der Waals surface area contributed by atoms with Crippen LogP contribution in [0.1, 0.15) is 5.56 Å². The van der Waals surface area contributed by atoms with Crippen LogP contribution in [-0.4, -0.2) is 62.4 Å². The van der Waals surface area contributed by atoms with Crippen LogP contribution in [0.5, 0.6) is 11.5 Å². The molecule has 11 nitrogen and oxygen atoms in total. The number of urea groups is 1. The molecular weight excluding hydrogens is 511 g/mol. The molecule has 0 aliphatic carbocycles. The largest absolute Gasteiger partial charge is 0.495 e. The fourth-order valence-electron chi connectivity index (χ4n) is 3.82. The van der Waals surface area contributed by atoms with Crippen LogP contribution < -0.4 is 29.9 Å². The van der Waals surface area contributed by atoms with Gasteiger partial charge in [-0.05, 0) is 11.6 Å². The lowest BCUT2D eigenvalue weighted by Gasteiger charge is -2.35. The van der Waals surface area contributed by atoms with Crippen molar-refractivity contribution in [3.05, 3.63) is 52.3 Å². The summed E-state index contributed by atoms with van der Waals surface area (Å²) in [6, 6.07) is 0.902. The van der Waals surface area contributed by atoms with Gasteiger partial charge in [0.15, 0.2) is 0 Å². The zero-order valence-corrected chi connectivity index (χ0v) is 21.3. The molecule has 2 N–H and O–H groups in total. The van der Waals surface area contributed by atoms with Gasteiger partial charge < -0.3 is 24.8 Å². The molecule has 0 saturated carbocycles. The zero-order chi connectivity index (χ0) is 26.0. The van der Waals surface area contributed by atoms with Crippen LogP contribution >= 0.6 is 23.2 Å². The number of rotatable bonds is 7. The summed E-state index contributed by atoms with van der Waals surface area (Å²) in [6.45, 7) is 4.27. The summed E-state index contributed by atoms with van der Waals surface area (Å²) >= 11 is 13.1. The van der Waals surface area contributed by atoms with Crippen LogP contribution in [0.3, 0.4) is 0 Å². The SMILES string of the molecule is C=CC(=O)N/C=C1/COCC1Nc1ncc2c(n1)N(C)C(=O)N(c1c(Cl)c(OC)cc(OC)c1Cl)C2. The van der Waals surface area contributed by atoms with E-state index in [-0.39, 0.29) is 34.2 Å². The summed E-state index contributed by atoms with van der Waals surface area (Å²) in [5.41, 5.74) is 1.75. The number of carbonyl (C=O) groups excluding carboxylic acids is 2. The van der Waals surface area contributed by atoms with Crippen LogP contribution in [0, 0.1) is 0 Å². The molecule has 2 aliphatic heterocycles. The number of ether oxygens (including phenoxy) is 3. The third-order valence-electron chi connectivity index (χ3n) is 5.72. The normalized spacial score (nSPS) is 18.2. The number of nitrogens with one attached hydrogen (secondary N) is 2. The van der Waals surface area contributed by atoms with Crippen LogP contribution in [0.15, 0.2) is 36.7 Å². The molecule has 1 aromatic carbocycles. The first-order valence-corrected chi connectivity index (χ1v) is 11.5. The third-order valence-corrected chi connectivity index (χ3v) is 6.45. The smallest absolute Gasteiger partial charge is 0.330 e. The van der Waals surface area contributed by atoms with E-state index < -0.39 is 6.03 Å². The van der Waals surface area contributed by atoms with Gasteiger partial charge >= 0.3 is 6.03 Å². The topological polar surface area (TPSA) is 118 Å². The lowest BCUT2D eigenvalue weighted by Crippen LogP contribution is -2.46. The van der Waals surface area contributed by atoms with E-state index in [1.807, 2.05) is 0 Å². The fraction of sp³-hybridized carbons (Fsp3) is 0.304. The second kappa shape index (κ2) is 10.6. The first-order valence-electron chi connectivity index (χ1n) is 10.8. The Hall–Kier alpha value is -3.54. The highest BCUT2D eigenvalue weighted by Crippen LogP contribution is 2.47. The first kappa shape index (κ1) is 25.5. The van der Waals surface area contributed by atoms with Gasteiger partial charge in [0.25, 0.3) is 0 Å². The van der Waals surface area contributed by atoms with Crippen molar-refractivity contribution in [2.75, 3.05) is 49.6 Å². The molecule has 3 amide bonds. The Kier molecular flexibility index (Phi) is 7.53. The molecule has 36 heavy (non-hydrogen) atoms. The highest BCUT2D eigenvalue weighted by Gasteiger charge is 2.35. The van der Waals surface area contributed by atoms with E-state index in [2.05, 4.69) is 27.2 Å². The highest BCUT2D eigenvalue weighted by atomic mass is 35.5. The van der Waals surface area contributed by atoms with Crippen molar-refractivity contribution in [3.63, 3.8) is 0 Å². The number of amides is 3. The van der Waals surface area contributed by atoms with Crippen molar-refractivity contribution in [3.8, 4) is 11.5 Å². The second-order valence-electron chi connectivity index (χ2n) is 7.87. The van der Waals surface area contributed by atoms with Crippen molar-refractivity contribution >= 4 is 52.6 Å². The third kappa shape index (κ3) is 4.77. The first-order chi connectivity index (χ1) is 17.3. The molecule has 1 fully saturated rings. The van der Waals surface area contributed by atoms with Crippen LogP contribution in [-0.2, 0) is 16.1 Å². The number of aromatic nitrogens is 2. The number of fused-ring (bicyclic) bond motifs is 1. The Labute approximate surface area is 217 Å². The highest BCUT2D eigenvalue weighted by molar-refractivity contribution is 6.42. The minimum Gasteiger partial charge on any atom is -0.495 e. The molecule has 2 aliphatic rings. The Balaban J connectivity index is 1.62. The number of carbonyl (C=O) groups is 2. The quantitative estimate of drug-likeness (QED) is 0.519. The number of benzene rings is 1. The summed E-state index contributed by atoms with van der Waals surface area (Å²) < 4.78 is 16.2. The predicted octanol–water partition coefficient (Wildman–Crippen LogP) is 3.37. The van der Waals surface area contributed by atoms with E-state index >= 15 is 0 Å². The maximum atomic E-state index is 13.4. The molecule has 1 saturated heterocycles. The predicted molar refractivity (Wildman–Crippen MR) is 136 cm³/mol. The molecule has 3 heterocycles. The van der Waals surface area contributed by atoms with E-state index in [0.717, 1.165) is 5.57 Å². The molecule has 2 aromatic rings.